The Kier molecular flexibility index (Phi) is 4.19. The highest BCUT2D eigenvalue weighted by atomic mass is 35.5. The van der Waals surface area contributed by atoms with Gasteiger partial charge in [0.15, 0.2) is 5.65 Å². The molecule has 0 unspecified atom stereocenters. The molecule has 2 aromatic heterocycles. The maximum absolute atomic E-state index is 12.1. The fourth-order valence-corrected chi connectivity index (χ4v) is 2.93. The Labute approximate surface area is 140 Å². The first-order valence-electron chi connectivity index (χ1n) is 7.81. The van der Waals surface area contributed by atoms with E-state index < -0.39 is 5.60 Å². The van der Waals surface area contributed by atoms with Crippen LogP contribution in [0.1, 0.15) is 39.7 Å². The molecular formula is C16H21ClN4O2. The summed E-state index contributed by atoms with van der Waals surface area (Å²) in [4.78, 5) is 18.2. The standard InChI is InChI=1S/C16H21ClN4O2/c1-16(2,3)23-15(22)20-8-6-12(7-9-20)21-14-11(10-18-21)4-5-13(17)19-14/h4-5,10,12H,6-9H2,1-3H3. The first-order chi connectivity index (χ1) is 10.8. The van der Waals surface area contributed by atoms with Gasteiger partial charge in [0.2, 0.25) is 0 Å². The molecule has 6 nitrogen and oxygen atoms in total. The lowest BCUT2D eigenvalue weighted by atomic mass is 10.1. The Hall–Kier alpha value is -1.82. The van der Waals surface area contributed by atoms with Crippen molar-refractivity contribution < 1.29 is 9.53 Å². The lowest BCUT2D eigenvalue weighted by Crippen LogP contribution is -2.42. The minimum absolute atomic E-state index is 0.220. The first kappa shape index (κ1) is 16.1. The van der Waals surface area contributed by atoms with Crippen LogP contribution in [0.25, 0.3) is 11.0 Å². The Bertz CT molecular complexity index is 714. The molecule has 3 heterocycles. The third-order valence-corrected chi connectivity index (χ3v) is 4.08. The van der Waals surface area contributed by atoms with Crippen molar-refractivity contribution in [2.45, 2.75) is 45.3 Å². The monoisotopic (exact) mass is 336 g/mol. The Morgan fingerprint density at radius 1 is 1.30 bits per heavy atom. The van der Waals surface area contributed by atoms with Gasteiger partial charge in [0.05, 0.1) is 12.2 Å². The number of ether oxygens (including phenoxy) is 1. The predicted octanol–water partition coefficient (Wildman–Crippen LogP) is 3.66. The lowest BCUT2D eigenvalue weighted by Gasteiger charge is -2.33. The topological polar surface area (TPSA) is 60.2 Å². The summed E-state index contributed by atoms with van der Waals surface area (Å²) in [5.74, 6) is 0. The van der Waals surface area contributed by atoms with Crippen molar-refractivity contribution in [3.63, 3.8) is 0 Å². The summed E-state index contributed by atoms with van der Waals surface area (Å²) in [5, 5.41) is 5.89. The Morgan fingerprint density at radius 2 is 2.00 bits per heavy atom. The van der Waals surface area contributed by atoms with Gasteiger partial charge in [0, 0.05) is 18.5 Å². The van der Waals surface area contributed by atoms with Crippen LogP contribution in [0.3, 0.4) is 0 Å². The van der Waals surface area contributed by atoms with Crippen LogP contribution in [-0.4, -0.2) is 44.4 Å². The van der Waals surface area contributed by atoms with E-state index in [0.717, 1.165) is 23.9 Å². The largest absolute Gasteiger partial charge is 0.444 e. The zero-order valence-electron chi connectivity index (χ0n) is 13.6. The van der Waals surface area contributed by atoms with Crippen molar-refractivity contribution in [2.24, 2.45) is 0 Å². The van der Waals surface area contributed by atoms with E-state index in [9.17, 15) is 4.79 Å². The maximum atomic E-state index is 12.1. The van der Waals surface area contributed by atoms with Gasteiger partial charge < -0.3 is 9.64 Å². The molecule has 124 valence electrons. The first-order valence-corrected chi connectivity index (χ1v) is 8.19. The molecule has 7 heteroatoms. The van der Waals surface area contributed by atoms with E-state index in [1.54, 1.807) is 17.2 Å². The molecule has 0 saturated carbocycles. The molecule has 0 radical (unpaired) electrons. The van der Waals surface area contributed by atoms with Gasteiger partial charge in [-0.2, -0.15) is 5.10 Å². The molecule has 0 atom stereocenters. The van der Waals surface area contributed by atoms with E-state index in [4.69, 9.17) is 16.3 Å². The molecule has 0 N–H and O–H groups in total. The number of fused-ring (bicyclic) bond motifs is 1. The van der Waals surface area contributed by atoms with Gasteiger partial charge in [-0.15, -0.1) is 0 Å². The molecule has 23 heavy (non-hydrogen) atoms. The number of rotatable bonds is 1. The van der Waals surface area contributed by atoms with Crippen molar-refractivity contribution in [3.8, 4) is 0 Å². The van der Waals surface area contributed by atoms with E-state index in [2.05, 4.69) is 10.1 Å². The van der Waals surface area contributed by atoms with Crippen LogP contribution < -0.4 is 0 Å². The number of carbonyl (C=O) groups excluding carboxylic acids is 1. The second kappa shape index (κ2) is 6.00. The van der Waals surface area contributed by atoms with Crippen LogP contribution in [0.15, 0.2) is 18.3 Å². The second-order valence-corrected chi connectivity index (χ2v) is 7.22. The number of hydrogen-bond acceptors (Lipinski definition) is 4. The summed E-state index contributed by atoms with van der Waals surface area (Å²) in [5.41, 5.74) is 0.334. The van der Waals surface area contributed by atoms with Crippen LogP contribution in [0, 0.1) is 0 Å². The van der Waals surface area contributed by atoms with Gasteiger partial charge in [-0.25, -0.2) is 14.5 Å². The molecular weight excluding hydrogens is 316 g/mol. The van der Waals surface area contributed by atoms with Gasteiger partial charge in [-0.05, 0) is 45.7 Å². The van der Waals surface area contributed by atoms with E-state index in [1.807, 2.05) is 31.5 Å². The number of likely N-dealkylation sites (tertiary alicyclic amines) is 1. The van der Waals surface area contributed by atoms with Crippen LogP contribution in [0.2, 0.25) is 5.15 Å². The van der Waals surface area contributed by atoms with E-state index in [-0.39, 0.29) is 12.1 Å². The van der Waals surface area contributed by atoms with E-state index >= 15 is 0 Å². The summed E-state index contributed by atoms with van der Waals surface area (Å²) in [6.45, 7) is 6.94. The molecule has 2 aromatic rings. The highest BCUT2D eigenvalue weighted by Gasteiger charge is 2.28. The summed E-state index contributed by atoms with van der Waals surface area (Å²) < 4.78 is 7.35. The smallest absolute Gasteiger partial charge is 0.410 e. The highest BCUT2D eigenvalue weighted by molar-refractivity contribution is 6.29. The summed E-state index contributed by atoms with van der Waals surface area (Å²) in [6, 6.07) is 3.91. The Morgan fingerprint density at radius 3 is 2.65 bits per heavy atom. The third-order valence-electron chi connectivity index (χ3n) is 3.87. The highest BCUT2D eigenvalue weighted by Crippen LogP contribution is 2.27. The van der Waals surface area contributed by atoms with Crippen LogP contribution >= 0.6 is 11.6 Å². The van der Waals surface area contributed by atoms with Gasteiger partial charge >= 0.3 is 6.09 Å². The number of carbonyl (C=O) groups is 1. The fraction of sp³-hybridized carbons (Fsp3) is 0.562. The van der Waals surface area contributed by atoms with Crippen molar-refractivity contribution in [2.75, 3.05) is 13.1 Å². The van der Waals surface area contributed by atoms with Crippen molar-refractivity contribution in [3.05, 3.63) is 23.5 Å². The minimum Gasteiger partial charge on any atom is -0.444 e. The minimum atomic E-state index is -0.465. The number of hydrogen-bond donors (Lipinski definition) is 0. The molecule has 1 aliphatic heterocycles. The zero-order valence-corrected chi connectivity index (χ0v) is 14.4. The van der Waals surface area contributed by atoms with Gasteiger partial charge in [0.25, 0.3) is 0 Å². The van der Waals surface area contributed by atoms with Gasteiger partial charge in [-0.3, -0.25) is 0 Å². The zero-order chi connectivity index (χ0) is 16.6. The molecule has 1 fully saturated rings. The quantitative estimate of drug-likeness (QED) is 0.746. The number of halogens is 1. The van der Waals surface area contributed by atoms with E-state index in [0.29, 0.717) is 18.2 Å². The van der Waals surface area contributed by atoms with Crippen molar-refractivity contribution in [1.82, 2.24) is 19.7 Å². The molecule has 0 aromatic carbocycles. The van der Waals surface area contributed by atoms with Crippen molar-refractivity contribution >= 4 is 28.7 Å². The average Bonchev–Trinajstić information content (AvgIpc) is 2.88. The summed E-state index contributed by atoms with van der Waals surface area (Å²) in [6.07, 6.45) is 3.20. The fourth-order valence-electron chi connectivity index (χ4n) is 2.79. The molecule has 0 bridgehead atoms. The number of nitrogens with zero attached hydrogens (tertiary/aromatic N) is 4. The number of piperidine rings is 1. The van der Waals surface area contributed by atoms with Crippen LogP contribution in [0.4, 0.5) is 4.79 Å². The molecule has 0 spiro atoms. The molecule has 0 aliphatic carbocycles. The summed E-state index contributed by atoms with van der Waals surface area (Å²) in [7, 11) is 0. The number of aromatic nitrogens is 3. The Balaban J connectivity index is 1.69. The predicted molar refractivity (Wildman–Crippen MR) is 88.6 cm³/mol. The third kappa shape index (κ3) is 3.58. The van der Waals surface area contributed by atoms with Gasteiger partial charge in [0.1, 0.15) is 10.8 Å². The normalized spacial score (nSPS) is 16.8. The van der Waals surface area contributed by atoms with Crippen LogP contribution in [0.5, 0.6) is 0 Å². The molecule has 1 aliphatic rings. The van der Waals surface area contributed by atoms with Gasteiger partial charge in [-0.1, -0.05) is 11.6 Å². The van der Waals surface area contributed by atoms with E-state index in [1.165, 1.54) is 0 Å². The lowest BCUT2D eigenvalue weighted by molar-refractivity contribution is 0.0186. The van der Waals surface area contributed by atoms with Crippen LogP contribution in [-0.2, 0) is 4.74 Å². The second-order valence-electron chi connectivity index (χ2n) is 6.83. The SMILES string of the molecule is CC(C)(C)OC(=O)N1CCC(n2ncc3ccc(Cl)nc32)CC1. The number of amides is 1. The molecule has 3 rings (SSSR count). The number of pyridine rings is 1. The average molecular weight is 337 g/mol. The maximum Gasteiger partial charge on any atom is 0.410 e. The van der Waals surface area contributed by atoms with Crippen molar-refractivity contribution in [1.29, 1.82) is 0 Å². The molecule has 1 saturated heterocycles. The molecule has 1 amide bonds. The summed E-state index contributed by atoms with van der Waals surface area (Å²) >= 11 is 5.99.